The summed E-state index contributed by atoms with van der Waals surface area (Å²) in [7, 11) is 0. The second kappa shape index (κ2) is 10.9. The van der Waals surface area contributed by atoms with Crippen molar-refractivity contribution in [2.45, 2.75) is 49.5 Å². The molecule has 1 saturated carbocycles. The van der Waals surface area contributed by atoms with Crippen LogP contribution in [0, 0.1) is 0 Å². The summed E-state index contributed by atoms with van der Waals surface area (Å²) >= 11 is 1.38. The Morgan fingerprint density at radius 3 is 2.78 bits per heavy atom. The molecule has 3 N–H and O–H groups in total. The van der Waals surface area contributed by atoms with Gasteiger partial charge in [-0.2, -0.15) is 0 Å². The first-order chi connectivity index (χ1) is 15.6. The van der Waals surface area contributed by atoms with Crippen LogP contribution in [0.5, 0.6) is 0 Å². The Hall–Kier alpha value is -2.43. The van der Waals surface area contributed by atoms with Gasteiger partial charge in [0.25, 0.3) is 0 Å². The number of rotatable bonds is 11. The molecule has 1 aromatic carbocycles. The average Bonchev–Trinajstić information content (AvgIpc) is 3.55. The number of nitrogens with two attached hydrogens (primary N) is 1. The fourth-order valence-electron chi connectivity index (χ4n) is 3.81. The molecule has 32 heavy (non-hydrogen) atoms. The Bertz CT molecular complexity index is 918. The molecule has 1 aliphatic heterocycles. The van der Waals surface area contributed by atoms with Gasteiger partial charge in [0.1, 0.15) is 5.82 Å². The van der Waals surface area contributed by atoms with Crippen LogP contribution in [0.3, 0.4) is 0 Å². The number of primary amides is 1. The van der Waals surface area contributed by atoms with Gasteiger partial charge in [-0.05, 0) is 18.4 Å². The molecule has 0 radical (unpaired) electrons. The van der Waals surface area contributed by atoms with E-state index in [1.165, 1.54) is 17.3 Å². The lowest BCUT2D eigenvalue weighted by atomic mass is 10.2. The molecule has 2 heterocycles. The molecular formula is C22H30N6O3S. The number of hydrogen-bond donors (Lipinski definition) is 2. The number of carbonyl (C=O) groups is 2. The molecule has 1 saturated heterocycles. The molecule has 0 bridgehead atoms. The third-order valence-corrected chi connectivity index (χ3v) is 6.52. The number of morpholine rings is 1. The lowest BCUT2D eigenvalue weighted by Crippen LogP contribution is -2.47. The lowest BCUT2D eigenvalue weighted by molar-refractivity contribution is -0.120. The molecule has 1 atom stereocenters. The van der Waals surface area contributed by atoms with Crippen LogP contribution in [0.4, 0.5) is 0 Å². The number of thioether (sulfide) groups is 1. The molecule has 2 amide bonds. The highest BCUT2D eigenvalue weighted by atomic mass is 32.2. The third-order valence-electron chi connectivity index (χ3n) is 5.57. The predicted octanol–water partition coefficient (Wildman–Crippen LogP) is 1.14. The Labute approximate surface area is 192 Å². The number of amides is 2. The molecule has 2 aromatic rings. The van der Waals surface area contributed by atoms with E-state index in [1.54, 1.807) is 0 Å². The first-order valence-electron chi connectivity index (χ1n) is 11.1. The number of aryl methyl sites for hydroxylation is 1. The van der Waals surface area contributed by atoms with E-state index in [1.807, 2.05) is 6.07 Å². The summed E-state index contributed by atoms with van der Waals surface area (Å²) in [6, 6.07) is 10.7. The fraction of sp³-hybridized carbons (Fsp3) is 0.545. The van der Waals surface area contributed by atoms with Crippen molar-refractivity contribution >= 4 is 23.6 Å². The van der Waals surface area contributed by atoms with Crippen LogP contribution in [0.2, 0.25) is 0 Å². The van der Waals surface area contributed by atoms with Gasteiger partial charge < -0.3 is 20.4 Å². The SMILES string of the molecule is NC(=O)CCc1nnc(SCC(=O)NCC2CN(Cc3ccccc3)CCO2)n1C1CC1. The summed E-state index contributed by atoms with van der Waals surface area (Å²) in [6.45, 7) is 3.73. The van der Waals surface area contributed by atoms with Crippen LogP contribution >= 0.6 is 11.8 Å². The van der Waals surface area contributed by atoms with Gasteiger partial charge in [-0.1, -0.05) is 42.1 Å². The zero-order valence-electron chi connectivity index (χ0n) is 18.1. The van der Waals surface area contributed by atoms with Crippen LogP contribution in [-0.4, -0.2) is 69.6 Å². The van der Waals surface area contributed by atoms with E-state index in [9.17, 15) is 9.59 Å². The summed E-state index contributed by atoms with van der Waals surface area (Å²) in [5, 5.41) is 12.2. The molecule has 4 rings (SSSR count). The Morgan fingerprint density at radius 1 is 1.22 bits per heavy atom. The summed E-state index contributed by atoms with van der Waals surface area (Å²) in [5.41, 5.74) is 6.54. The second-order valence-corrected chi connectivity index (χ2v) is 9.22. The van der Waals surface area contributed by atoms with E-state index in [4.69, 9.17) is 10.5 Å². The van der Waals surface area contributed by atoms with Gasteiger partial charge in [-0.3, -0.25) is 14.5 Å². The van der Waals surface area contributed by atoms with Crippen molar-refractivity contribution in [3.63, 3.8) is 0 Å². The van der Waals surface area contributed by atoms with Gasteiger partial charge in [0.05, 0.1) is 18.5 Å². The van der Waals surface area contributed by atoms with Crippen molar-refractivity contribution in [3.05, 3.63) is 41.7 Å². The van der Waals surface area contributed by atoms with Crippen molar-refractivity contribution < 1.29 is 14.3 Å². The van der Waals surface area contributed by atoms with Crippen LogP contribution in [0.15, 0.2) is 35.5 Å². The minimum absolute atomic E-state index is 0.0167. The van der Waals surface area contributed by atoms with Gasteiger partial charge in [0.2, 0.25) is 11.8 Å². The Morgan fingerprint density at radius 2 is 2.03 bits per heavy atom. The minimum atomic E-state index is -0.351. The van der Waals surface area contributed by atoms with Crippen molar-refractivity contribution in [1.82, 2.24) is 25.0 Å². The summed E-state index contributed by atoms with van der Waals surface area (Å²) < 4.78 is 7.90. The number of nitrogens with one attached hydrogen (secondary N) is 1. The van der Waals surface area contributed by atoms with Gasteiger partial charge >= 0.3 is 0 Å². The van der Waals surface area contributed by atoms with Crippen molar-refractivity contribution in [1.29, 1.82) is 0 Å². The van der Waals surface area contributed by atoms with E-state index in [0.29, 0.717) is 25.6 Å². The van der Waals surface area contributed by atoms with Crippen LogP contribution in [0.25, 0.3) is 0 Å². The number of benzene rings is 1. The highest BCUT2D eigenvalue weighted by Crippen LogP contribution is 2.38. The maximum atomic E-state index is 12.4. The van der Waals surface area contributed by atoms with Crippen molar-refractivity contribution in [2.24, 2.45) is 5.73 Å². The van der Waals surface area contributed by atoms with Gasteiger partial charge in [0.15, 0.2) is 5.16 Å². The smallest absolute Gasteiger partial charge is 0.230 e. The van der Waals surface area contributed by atoms with Crippen LogP contribution in [0.1, 0.15) is 36.7 Å². The normalized spacial score (nSPS) is 19.1. The van der Waals surface area contributed by atoms with Crippen molar-refractivity contribution in [3.8, 4) is 0 Å². The molecule has 10 heteroatoms. The van der Waals surface area contributed by atoms with Gasteiger partial charge in [-0.25, -0.2) is 0 Å². The van der Waals surface area contributed by atoms with E-state index in [2.05, 4.69) is 49.2 Å². The third kappa shape index (κ3) is 6.54. The molecule has 1 unspecified atom stereocenters. The highest BCUT2D eigenvalue weighted by molar-refractivity contribution is 7.99. The number of ether oxygens (including phenoxy) is 1. The molecule has 172 valence electrons. The fourth-order valence-corrected chi connectivity index (χ4v) is 4.66. The molecule has 9 nitrogen and oxygen atoms in total. The molecule has 2 fully saturated rings. The first kappa shape index (κ1) is 22.8. The monoisotopic (exact) mass is 458 g/mol. The maximum absolute atomic E-state index is 12.4. The van der Waals surface area contributed by atoms with E-state index in [0.717, 1.165) is 43.5 Å². The van der Waals surface area contributed by atoms with Crippen LogP contribution in [-0.2, 0) is 27.3 Å². The molecule has 1 aromatic heterocycles. The highest BCUT2D eigenvalue weighted by Gasteiger charge is 2.30. The minimum Gasteiger partial charge on any atom is -0.374 e. The lowest BCUT2D eigenvalue weighted by Gasteiger charge is -2.33. The van der Waals surface area contributed by atoms with Crippen LogP contribution < -0.4 is 11.1 Å². The summed E-state index contributed by atoms with van der Waals surface area (Å²) in [6.07, 6.45) is 2.85. The number of carbonyl (C=O) groups excluding carboxylic acids is 2. The zero-order valence-corrected chi connectivity index (χ0v) is 18.9. The van der Waals surface area contributed by atoms with E-state index >= 15 is 0 Å². The molecule has 1 aliphatic carbocycles. The standard InChI is InChI=1S/C22H30N6O3S/c23-19(29)8-9-20-25-26-22(28(20)17-6-7-17)32-15-21(30)24-12-18-14-27(10-11-31-18)13-16-4-2-1-3-5-16/h1-5,17-18H,6-15H2,(H2,23,29)(H,24,30). The largest absolute Gasteiger partial charge is 0.374 e. The zero-order chi connectivity index (χ0) is 22.3. The summed E-state index contributed by atoms with van der Waals surface area (Å²) in [4.78, 5) is 25.9. The first-order valence-corrected chi connectivity index (χ1v) is 12.1. The Kier molecular flexibility index (Phi) is 7.77. The molecule has 0 spiro atoms. The average molecular weight is 459 g/mol. The maximum Gasteiger partial charge on any atom is 0.230 e. The number of aromatic nitrogens is 3. The molecule has 2 aliphatic rings. The predicted molar refractivity (Wildman–Crippen MR) is 121 cm³/mol. The van der Waals surface area contributed by atoms with Gasteiger partial charge in [0, 0.05) is 45.1 Å². The summed E-state index contributed by atoms with van der Waals surface area (Å²) in [5.74, 6) is 0.628. The number of nitrogens with zero attached hydrogens (tertiary/aromatic N) is 4. The topological polar surface area (TPSA) is 115 Å². The van der Waals surface area contributed by atoms with Crippen molar-refractivity contribution in [2.75, 3.05) is 32.0 Å². The quantitative estimate of drug-likeness (QED) is 0.485. The van der Waals surface area contributed by atoms with Gasteiger partial charge in [-0.15, -0.1) is 10.2 Å². The number of hydrogen-bond acceptors (Lipinski definition) is 7. The Balaban J connectivity index is 1.22. The second-order valence-electron chi connectivity index (χ2n) is 8.27. The van der Waals surface area contributed by atoms with E-state index in [-0.39, 0.29) is 30.1 Å². The molecular weight excluding hydrogens is 428 g/mol. The van der Waals surface area contributed by atoms with E-state index < -0.39 is 0 Å².